The Balaban J connectivity index is 1.52. The zero-order valence-electron chi connectivity index (χ0n) is 13.5. The van der Waals surface area contributed by atoms with Crippen LogP contribution < -0.4 is 4.74 Å². The summed E-state index contributed by atoms with van der Waals surface area (Å²) in [5.74, 6) is 0.941. The van der Waals surface area contributed by atoms with Crippen molar-refractivity contribution in [3.63, 3.8) is 0 Å². The molecule has 24 heavy (non-hydrogen) atoms. The van der Waals surface area contributed by atoms with Crippen molar-refractivity contribution in [1.29, 1.82) is 0 Å². The molecule has 2 atom stereocenters. The number of carbonyl (C=O) groups excluding carboxylic acids is 1. The van der Waals surface area contributed by atoms with Gasteiger partial charge >= 0.3 is 0 Å². The van der Waals surface area contributed by atoms with Gasteiger partial charge in [-0.15, -0.1) is 0 Å². The number of thiocarbonyl (C=S) groups is 1. The third-order valence-electron chi connectivity index (χ3n) is 4.50. The SMILES string of the molecule is C[C@H]1Cc2cc(/C=C3/SC(=S)N(C[C@@H]4CCCO4)C3=O)ccc2O1. The van der Waals surface area contributed by atoms with Crippen molar-refractivity contribution >= 4 is 40.3 Å². The van der Waals surface area contributed by atoms with Crippen LogP contribution in [0.25, 0.3) is 6.08 Å². The summed E-state index contributed by atoms with van der Waals surface area (Å²) in [6, 6.07) is 6.08. The molecule has 0 aromatic heterocycles. The van der Waals surface area contributed by atoms with Crippen molar-refractivity contribution in [2.24, 2.45) is 0 Å². The Bertz CT molecular complexity index is 725. The number of nitrogens with zero attached hydrogens (tertiary/aromatic N) is 1. The normalized spacial score (nSPS) is 27.9. The van der Waals surface area contributed by atoms with Crippen molar-refractivity contribution in [2.45, 2.75) is 38.4 Å². The number of carbonyl (C=O) groups is 1. The molecule has 0 aliphatic carbocycles. The number of hydrogen-bond acceptors (Lipinski definition) is 5. The quantitative estimate of drug-likeness (QED) is 0.609. The third-order valence-corrected chi connectivity index (χ3v) is 5.88. The van der Waals surface area contributed by atoms with Crippen LogP contribution in [0.2, 0.25) is 0 Å². The molecule has 1 aromatic carbocycles. The minimum atomic E-state index is -0.00869. The second kappa shape index (κ2) is 6.50. The summed E-state index contributed by atoms with van der Waals surface area (Å²) in [5, 5.41) is 0. The van der Waals surface area contributed by atoms with E-state index in [0.29, 0.717) is 15.8 Å². The van der Waals surface area contributed by atoms with Gasteiger partial charge in [-0.05, 0) is 49.1 Å². The van der Waals surface area contributed by atoms with E-state index in [1.807, 2.05) is 18.2 Å². The number of fused-ring (bicyclic) bond motifs is 1. The summed E-state index contributed by atoms with van der Waals surface area (Å²) in [7, 11) is 0. The van der Waals surface area contributed by atoms with Gasteiger partial charge in [-0.2, -0.15) is 0 Å². The van der Waals surface area contributed by atoms with Gasteiger partial charge in [0.2, 0.25) is 0 Å². The maximum Gasteiger partial charge on any atom is 0.266 e. The first-order valence-corrected chi connectivity index (χ1v) is 9.49. The molecule has 2 saturated heterocycles. The topological polar surface area (TPSA) is 38.8 Å². The van der Waals surface area contributed by atoms with Gasteiger partial charge < -0.3 is 9.47 Å². The zero-order valence-corrected chi connectivity index (χ0v) is 15.1. The lowest BCUT2D eigenvalue weighted by Crippen LogP contribution is -2.35. The number of rotatable bonds is 3. The van der Waals surface area contributed by atoms with Crippen molar-refractivity contribution in [3.8, 4) is 5.75 Å². The van der Waals surface area contributed by atoms with Crippen LogP contribution in [-0.2, 0) is 16.0 Å². The van der Waals surface area contributed by atoms with Gasteiger partial charge in [0.1, 0.15) is 16.2 Å². The molecule has 0 radical (unpaired) electrons. The molecule has 1 amide bonds. The largest absolute Gasteiger partial charge is 0.490 e. The van der Waals surface area contributed by atoms with Crippen LogP contribution in [0.3, 0.4) is 0 Å². The summed E-state index contributed by atoms with van der Waals surface area (Å²) in [5.41, 5.74) is 2.22. The molecule has 6 heteroatoms. The second-order valence-electron chi connectivity index (χ2n) is 6.43. The van der Waals surface area contributed by atoms with Crippen LogP contribution in [-0.4, -0.2) is 40.5 Å². The van der Waals surface area contributed by atoms with Crippen LogP contribution in [0.15, 0.2) is 23.1 Å². The summed E-state index contributed by atoms with van der Waals surface area (Å²) in [6.07, 6.45) is 5.24. The van der Waals surface area contributed by atoms with E-state index in [2.05, 4.69) is 13.0 Å². The molecule has 1 aromatic rings. The molecule has 0 unspecified atom stereocenters. The monoisotopic (exact) mass is 361 g/mol. The molecule has 126 valence electrons. The van der Waals surface area contributed by atoms with Crippen LogP contribution in [0.1, 0.15) is 30.9 Å². The second-order valence-corrected chi connectivity index (χ2v) is 8.10. The lowest BCUT2D eigenvalue weighted by atomic mass is 10.1. The molecule has 4 nitrogen and oxygen atoms in total. The summed E-state index contributed by atoms with van der Waals surface area (Å²) >= 11 is 6.77. The smallest absolute Gasteiger partial charge is 0.266 e. The maximum atomic E-state index is 12.7. The Labute approximate surface area is 151 Å². The predicted octanol–water partition coefficient (Wildman–Crippen LogP) is 3.39. The number of benzene rings is 1. The zero-order chi connectivity index (χ0) is 16.7. The average molecular weight is 361 g/mol. The molecule has 3 aliphatic rings. The van der Waals surface area contributed by atoms with Crippen LogP contribution in [0, 0.1) is 0 Å². The highest BCUT2D eigenvalue weighted by Gasteiger charge is 2.34. The van der Waals surface area contributed by atoms with E-state index in [1.54, 1.807) is 4.90 Å². The Morgan fingerprint density at radius 1 is 1.46 bits per heavy atom. The van der Waals surface area contributed by atoms with Gasteiger partial charge in [0.15, 0.2) is 0 Å². The molecule has 0 saturated carbocycles. The fraction of sp³-hybridized carbons (Fsp3) is 0.444. The highest BCUT2D eigenvalue weighted by atomic mass is 32.2. The number of hydrogen-bond donors (Lipinski definition) is 0. The van der Waals surface area contributed by atoms with Crippen molar-refractivity contribution < 1.29 is 14.3 Å². The molecule has 0 spiro atoms. The van der Waals surface area contributed by atoms with E-state index < -0.39 is 0 Å². The highest BCUT2D eigenvalue weighted by molar-refractivity contribution is 8.26. The fourth-order valence-corrected chi connectivity index (χ4v) is 4.61. The Morgan fingerprint density at radius 2 is 2.33 bits per heavy atom. The van der Waals surface area contributed by atoms with Crippen LogP contribution >= 0.6 is 24.0 Å². The molecule has 0 bridgehead atoms. The standard InChI is InChI=1S/C18H19NO3S2/c1-11-7-13-8-12(4-5-15(13)22-11)9-16-17(20)19(18(23)24-16)10-14-3-2-6-21-14/h4-5,8-9,11,14H,2-3,6-7,10H2,1H3/b16-9+/t11-,14-/m0/s1. The van der Waals surface area contributed by atoms with Crippen LogP contribution in [0.5, 0.6) is 5.75 Å². The first-order valence-electron chi connectivity index (χ1n) is 8.27. The van der Waals surface area contributed by atoms with E-state index in [-0.39, 0.29) is 18.1 Å². The lowest BCUT2D eigenvalue weighted by Gasteiger charge is -2.18. The minimum absolute atomic E-state index is 0.00869. The Kier molecular flexibility index (Phi) is 4.37. The Hall–Kier alpha value is -1.37. The van der Waals surface area contributed by atoms with E-state index in [9.17, 15) is 4.79 Å². The molecule has 3 heterocycles. The Morgan fingerprint density at radius 3 is 3.12 bits per heavy atom. The van der Waals surface area contributed by atoms with Gasteiger partial charge in [-0.1, -0.05) is 30.0 Å². The summed E-state index contributed by atoms with van der Waals surface area (Å²) in [4.78, 5) is 15.0. The van der Waals surface area contributed by atoms with E-state index in [1.165, 1.54) is 17.3 Å². The van der Waals surface area contributed by atoms with Gasteiger partial charge in [0.05, 0.1) is 17.6 Å². The van der Waals surface area contributed by atoms with E-state index >= 15 is 0 Å². The van der Waals surface area contributed by atoms with Gasteiger partial charge in [0.25, 0.3) is 5.91 Å². The van der Waals surface area contributed by atoms with Gasteiger partial charge in [-0.25, -0.2) is 0 Å². The van der Waals surface area contributed by atoms with Crippen molar-refractivity contribution in [2.75, 3.05) is 13.2 Å². The molecule has 3 aliphatic heterocycles. The molecular weight excluding hydrogens is 342 g/mol. The fourth-order valence-electron chi connectivity index (χ4n) is 3.33. The lowest BCUT2D eigenvalue weighted by molar-refractivity contribution is -0.123. The van der Waals surface area contributed by atoms with Crippen molar-refractivity contribution in [3.05, 3.63) is 34.2 Å². The molecule has 2 fully saturated rings. The highest BCUT2D eigenvalue weighted by Crippen LogP contribution is 2.35. The predicted molar refractivity (Wildman–Crippen MR) is 99.1 cm³/mol. The summed E-state index contributed by atoms with van der Waals surface area (Å²) < 4.78 is 12.0. The molecule has 4 rings (SSSR count). The summed E-state index contributed by atoms with van der Waals surface area (Å²) in [6.45, 7) is 3.42. The average Bonchev–Trinajstić information content (AvgIpc) is 3.23. The van der Waals surface area contributed by atoms with Crippen molar-refractivity contribution in [1.82, 2.24) is 4.90 Å². The minimum Gasteiger partial charge on any atom is -0.490 e. The molecular formula is C18H19NO3S2. The first-order chi connectivity index (χ1) is 11.6. The van der Waals surface area contributed by atoms with Gasteiger partial charge in [-0.3, -0.25) is 9.69 Å². The number of amides is 1. The van der Waals surface area contributed by atoms with E-state index in [0.717, 1.165) is 37.2 Å². The molecule has 0 N–H and O–H groups in total. The first kappa shape index (κ1) is 16.1. The number of thioether (sulfide) groups is 1. The third kappa shape index (κ3) is 3.10. The van der Waals surface area contributed by atoms with E-state index in [4.69, 9.17) is 21.7 Å². The van der Waals surface area contributed by atoms with Crippen LogP contribution in [0.4, 0.5) is 0 Å². The number of ether oxygens (including phenoxy) is 2. The maximum absolute atomic E-state index is 12.7. The van der Waals surface area contributed by atoms with Gasteiger partial charge in [0, 0.05) is 13.0 Å².